The van der Waals surface area contributed by atoms with Crippen LogP contribution in [0.1, 0.15) is 26.2 Å². The van der Waals surface area contributed by atoms with E-state index < -0.39 is 5.97 Å². The van der Waals surface area contributed by atoms with Crippen LogP contribution in [-0.4, -0.2) is 29.7 Å². The topological polar surface area (TPSA) is 78.4 Å². The zero-order valence-corrected chi connectivity index (χ0v) is 8.25. The number of aliphatic carboxylic acids is 1. The van der Waals surface area contributed by atoms with E-state index in [9.17, 15) is 9.59 Å². The van der Waals surface area contributed by atoms with E-state index in [0.717, 1.165) is 6.42 Å². The average molecular weight is 200 g/mol. The van der Waals surface area contributed by atoms with Crippen LogP contribution in [0.15, 0.2) is 0 Å². The Balaban J connectivity index is 1.95. The van der Waals surface area contributed by atoms with Crippen LogP contribution in [0, 0.1) is 5.92 Å². The normalized spacial score (nSPS) is 24.1. The second-order valence-corrected chi connectivity index (χ2v) is 3.72. The van der Waals surface area contributed by atoms with Gasteiger partial charge in [0.15, 0.2) is 0 Å². The van der Waals surface area contributed by atoms with Gasteiger partial charge in [-0.2, -0.15) is 0 Å². The standard InChI is InChI=1S/C9H16N2O3/c1-6-5-7(6)11-9(14)10-4-2-3-8(12)13/h6-7H,2-5H2,1H3,(H,12,13)(H2,10,11,14). The summed E-state index contributed by atoms with van der Waals surface area (Å²) < 4.78 is 0. The van der Waals surface area contributed by atoms with Gasteiger partial charge in [0.05, 0.1) is 0 Å². The summed E-state index contributed by atoms with van der Waals surface area (Å²) >= 11 is 0. The number of carboxylic acid groups (broad SMARTS) is 1. The Hall–Kier alpha value is -1.26. The SMILES string of the molecule is CC1CC1NC(=O)NCCCC(=O)O. The summed E-state index contributed by atoms with van der Waals surface area (Å²) in [5.41, 5.74) is 0. The van der Waals surface area contributed by atoms with E-state index in [2.05, 4.69) is 17.6 Å². The third-order valence-electron chi connectivity index (χ3n) is 2.28. The minimum absolute atomic E-state index is 0.0973. The number of carbonyl (C=O) groups is 2. The smallest absolute Gasteiger partial charge is 0.315 e. The summed E-state index contributed by atoms with van der Waals surface area (Å²) in [6.07, 6.45) is 1.62. The summed E-state index contributed by atoms with van der Waals surface area (Å²) in [6.45, 7) is 2.49. The fourth-order valence-corrected chi connectivity index (χ4v) is 1.18. The number of nitrogens with one attached hydrogen (secondary N) is 2. The highest BCUT2D eigenvalue weighted by Crippen LogP contribution is 2.28. The number of urea groups is 1. The van der Waals surface area contributed by atoms with Crippen LogP contribution < -0.4 is 10.6 Å². The predicted molar refractivity (Wildman–Crippen MR) is 51.0 cm³/mol. The summed E-state index contributed by atoms with van der Waals surface area (Å²) in [5, 5.41) is 13.8. The van der Waals surface area contributed by atoms with Crippen molar-refractivity contribution in [2.24, 2.45) is 5.92 Å². The molecule has 0 aromatic heterocycles. The summed E-state index contributed by atoms with van der Waals surface area (Å²) in [7, 11) is 0. The molecule has 5 nitrogen and oxygen atoms in total. The zero-order valence-electron chi connectivity index (χ0n) is 8.25. The van der Waals surface area contributed by atoms with Crippen LogP contribution >= 0.6 is 0 Å². The maximum absolute atomic E-state index is 11.1. The van der Waals surface area contributed by atoms with Crippen LogP contribution in [0.2, 0.25) is 0 Å². The molecule has 0 heterocycles. The van der Waals surface area contributed by atoms with Crippen molar-refractivity contribution in [3.05, 3.63) is 0 Å². The number of hydrogen-bond donors (Lipinski definition) is 3. The van der Waals surface area contributed by atoms with E-state index in [1.165, 1.54) is 0 Å². The summed E-state index contributed by atoms with van der Waals surface area (Å²) in [5.74, 6) is -0.247. The summed E-state index contributed by atoms with van der Waals surface area (Å²) in [6, 6.07) is 0.124. The van der Waals surface area contributed by atoms with Crippen molar-refractivity contribution in [2.45, 2.75) is 32.2 Å². The van der Waals surface area contributed by atoms with Crippen molar-refractivity contribution in [3.8, 4) is 0 Å². The molecule has 1 aliphatic carbocycles. The molecular weight excluding hydrogens is 184 g/mol. The molecule has 1 saturated carbocycles. The van der Waals surface area contributed by atoms with Gasteiger partial charge >= 0.3 is 12.0 Å². The third kappa shape index (κ3) is 4.11. The lowest BCUT2D eigenvalue weighted by Gasteiger charge is -2.05. The van der Waals surface area contributed by atoms with E-state index in [0.29, 0.717) is 24.9 Å². The molecule has 80 valence electrons. The van der Waals surface area contributed by atoms with Gasteiger partial charge in [-0.15, -0.1) is 0 Å². The molecule has 2 unspecified atom stereocenters. The molecule has 14 heavy (non-hydrogen) atoms. The molecule has 0 bridgehead atoms. The largest absolute Gasteiger partial charge is 0.481 e. The Morgan fingerprint density at radius 2 is 2.14 bits per heavy atom. The average Bonchev–Trinajstić information content (AvgIpc) is 2.75. The fraction of sp³-hybridized carbons (Fsp3) is 0.778. The molecule has 0 aromatic carbocycles. The van der Waals surface area contributed by atoms with Gasteiger partial charge in [0.1, 0.15) is 0 Å². The Kier molecular flexibility index (Phi) is 3.73. The monoisotopic (exact) mass is 200 g/mol. The van der Waals surface area contributed by atoms with Crippen molar-refractivity contribution >= 4 is 12.0 Å². The van der Waals surface area contributed by atoms with Gasteiger partial charge in [0.25, 0.3) is 0 Å². The lowest BCUT2D eigenvalue weighted by Crippen LogP contribution is -2.37. The van der Waals surface area contributed by atoms with Crippen molar-refractivity contribution in [3.63, 3.8) is 0 Å². The van der Waals surface area contributed by atoms with Crippen LogP contribution in [-0.2, 0) is 4.79 Å². The maximum atomic E-state index is 11.1. The zero-order chi connectivity index (χ0) is 10.6. The number of carboxylic acids is 1. The predicted octanol–water partition coefficient (Wildman–Crippen LogP) is 0.559. The van der Waals surface area contributed by atoms with Crippen LogP contribution in [0.5, 0.6) is 0 Å². The Bertz CT molecular complexity index is 230. The molecule has 0 saturated heterocycles. The van der Waals surface area contributed by atoms with Crippen LogP contribution in [0.25, 0.3) is 0 Å². The maximum Gasteiger partial charge on any atom is 0.315 e. The van der Waals surface area contributed by atoms with Gasteiger partial charge in [0.2, 0.25) is 0 Å². The van der Waals surface area contributed by atoms with Gasteiger partial charge in [-0.1, -0.05) is 6.92 Å². The second-order valence-electron chi connectivity index (χ2n) is 3.72. The van der Waals surface area contributed by atoms with Gasteiger partial charge in [-0.05, 0) is 18.8 Å². The molecule has 0 aromatic rings. The highest BCUT2D eigenvalue weighted by atomic mass is 16.4. The molecule has 1 rings (SSSR count). The van der Waals surface area contributed by atoms with Crippen LogP contribution in [0.3, 0.4) is 0 Å². The number of carbonyl (C=O) groups excluding carboxylic acids is 1. The number of hydrogen-bond acceptors (Lipinski definition) is 2. The Morgan fingerprint density at radius 3 is 2.64 bits per heavy atom. The molecule has 2 amide bonds. The number of rotatable bonds is 5. The van der Waals surface area contributed by atoms with Crippen molar-refractivity contribution in [1.29, 1.82) is 0 Å². The minimum Gasteiger partial charge on any atom is -0.481 e. The van der Waals surface area contributed by atoms with Gasteiger partial charge in [-0.3, -0.25) is 4.79 Å². The second kappa shape index (κ2) is 4.83. The highest BCUT2D eigenvalue weighted by Gasteiger charge is 2.33. The fourth-order valence-electron chi connectivity index (χ4n) is 1.18. The molecule has 0 spiro atoms. The molecular formula is C9H16N2O3. The quantitative estimate of drug-likeness (QED) is 0.567. The Morgan fingerprint density at radius 1 is 1.50 bits per heavy atom. The molecule has 0 aliphatic heterocycles. The summed E-state index contributed by atoms with van der Waals surface area (Å²) in [4.78, 5) is 21.3. The van der Waals surface area contributed by atoms with E-state index in [1.54, 1.807) is 0 Å². The number of amides is 2. The highest BCUT2D eigenvalue weighted by molar-refractivity contribution is 5.74. The Labute approximate surface area is 82.9 Å². The van der Waals surface area contributed by atoms with Crippen molar-refractivity contribution < 1.29 is 14.7 Å². The van der Waals surface area contributed by atoms with Crippen LogP contribution in [0.4, 0.5) is 4.79 Å². The molecule has 1 aliphatic rings. The van der Waals surface area contributed by atoms with Crippen molar-refractivity contribution in [1.82, 2.24) is 10.6 Å². The molecule has 0 radical (unpaired) electrons. The first kappa shape index (κ1) is 10.8. The van der Waals surface area contributed by atoms with Crippen molar-refractivity contribution in [2.75, 3.05) is 6.54 Å². The third-order valence-corrected chi connectivity index (χ3v) is 2.28. The van der Waals surface area contributed by atoms with Gasteiger partial charge < -0.3 is 15.7 Å². The molecule has 5 heteroatoms. The molecule has 3 N–H and O–H groups in total. The molecule has 1 fully saturated rings. The lowest BCUT2D eigenvalue weighted by atomic mass is 10.3. The van der Waals surface area contributed by atoms with Gasteiger partial charge in [-0.25, -0.2) is 4.79 Å². The van der Waals surface area contributed by atoms with E-state index in [-0.39, 0.29) is 12.5 Å². The van der Waals surface area contributed by atoms with Gasteiger partial charge in [0, 0.05) is 19.0 Å². The lowest BCUT2D eigenvalue weighted by molar-refractivity contribution is -0.137. The first-order valence-corrected chi connectivity index (χ1v) is 4.85. The van der Waals surface area contributed by atoms with E-state index in [1.807, 2.05) is 0 Å². The first-order valence-electron chi connectivity index (χ1n) is 4.85. The van der Waals surface area contributed by atoms with E-state index >= 15 is 0 Å². The first-order chi connectivity index (χ1) is 6.59. The van der Waals surface area contributed by atoms with E-state index in [4.69, 9.17) is 5.11 Å². The molecule has 2 atom stereocenters. The minimum atomic E-state index is -0.831.